The second-order valence-electron chi connectivity index (χ2n) is 6.94. The van der Waals surface area contributed by atoms with Crippen molar-refractivity contribution >= 4 is 11.7 Å². The maximum absolute atomic E-state index is 12.6. The highest BCUT2D eigenvalue weighted by Gasteiger charge is 2.57. The van der Waals surface area contributed by atoms with Gasteiger partial charge in [0.15, 0.2) is 0 Å². The first-order chi connectivity index (χ1) is 11.1. The van der Waals surface area contributed by atoms with Crippen molar-refractivity contribution in [3.05, 3.63) is 23.9 Å². The summed E-state index contributed by atoms with van der Waals surface area (Å²) in [4.78, 5) is 18.8. The second kappa shape index (κ2) is 6.48. The van der Waals surface area contributed by atoms with E-state index in [4.69, 9.17) is 4.74 Å². The number of pyridine rings is 1. The van der Waals surface area contributed by atoms with Crippen LogP contribution in [0.15, 0.2) is 18.3 Å². The van der Waals surface area contributed by atoms with Gasteiger partial charge in [-0.15, -0.1) is 0 Å². The first-order valence-corrected chi connectivity index (χ1v) is 8.62. The summed E-state index contributed by atoms with van der Waals surface area (Å²) < 4.78 is 5.92. The van der Waals surface area contributed by atoms with Gasteiger partial charge >= 0.3 is 0 Å². The molecule has 1 heterocycles. The lowest BCUT2D eigenvalue weighted by molar-refractivity contribution is -0.127. The number of nitrogens with one attached hydrogen (secondary N) is 1. The zero-order chi connectivity index (χ0) is 16.4. The van der Waals surface area contributed by atoms with Gasteiger partial charge in [-0.3, -0.25) is 4.79 Å². The van der Waals surface area contributed by atoms with Gasteiger partial charge in [-0.25, -0.2) is 4.98 Å². The summed E-state index contributed by atoms with van der Waals surface area (Å²) in [6, 6.07) is 3.86. The molecular formula is C18H27N3O2. The molecule has 5 heteroatoms. The molecule has 2 aliphatic carbocycles. The molecule has 2 saturated carbocycles. The summed E-state index contributed by atoms with van der Waals surface area (Å²) in [7, 11) is 3.85. The Balaban J connectivity index is 1.69. The van der Waals surface area contributed by atoms with E-state index in [-0.39, 0.29) is 17.4 Å². The Kier molecular flexibility index (Phi) is 4.57. The molecule has 2 unspecified atom stereocenters. The van der Waals surface area contributed by atoms with Crippen LogP contribution in [0.3, 0.4) is 0 Å². The summed E-state index contributed by atoms with van der Waals surface area (Å²) in [5.74, 6) is 0.802. The van der Waals surface area contributed by atoms with Gasteiger partial charge in [-0.05, 0) is 38.3 Å². The fraction of sp³-hybridized carbons (Fsp3) is 0.667. The zero-order valence-corrected chi connectivity index (χ0v) is 14.3. The van der Waals surface area contributed by atoms with Crippen molar-refractivity contribution in [2.45, 2.75) is 51.2 Å². The molecule has 0 aromatic carbocycles. The average Bonchev–Trinajstić information content (AvgIpc) is 3.06. The Morgan fingerprint density at radius 1 is 1.43 bits per heavy atom. The van der Waals surface area contributed by atoms with E-state index in [0.29, 0.717) is 11.7 Å². The number of hydrogen-bond acceptors (Lipinski definition) is 4. The minimum Gasteiger partial charge on any atom is -0.378 e. The quantitative estimate of drug-likeness (QED) is 0.907. The van der Waals surface area contributed by atoms with Gasteiger partial charge in [0.05, 0.1) is 6.10 Å². The number of ether oxygens (including phenoxy) is 1. The van der Waals surface area contributed by atoms with Crippen LogP contribution in [0.5, 0.6) is 0 Å². The van der Waals surface area contributed by atoms with E-state index >= 15 is 0 Å². The number of hydrogen-bond donors (Lipinski definition) is 1. The molecule has 3 rings (SSSR count). The topological polar surface area (TPSA) is 54.5 Å². The minimum absolute atomic E-state index is 0.00160. The van der Waals surface area contributed by atoms with Gasteiger partial charge in [-0.1, -0.05) is 12.8 Å². The highest BCUT2D eigenvalue weighted by atomic mass is 16.5. The Bertz CT molecular complexity index is 567. The van der Waals surface area contributed by atoms with E-state index in [1.807, 2.05) is 32.0 Å². The van der Waals surface area contributed by atoms with Gasteiger partial charge in [0.25, 0.3) is 5.91 Å². The standard InChI is InChI=1S/C18H27N3O2/c1-4-23-15-12-14(18(15)8-5-6-9-18)20-17(22)13-7-10-19-16(11-13)21(2)3/h7,10-11,14-15H,4-6,8-9,12H2,1-3H3,(H,20,22). The first-order valence-electron chi connectivity index (χ1n) is 8.62. The monoisotopic (exact) mass is 317 g/mol. The molecule has 1 N–H and O–H groups in total. The fourth-order valence-corrected chi connectivity index (χ4v) is 4.13. The maximum Gasteiger partial charge on any atom is 0.251 e. The molecule has 1 amide bonds. The third-order valence-corrected chi connectivity index (χ3v) is 5.46. The molecule has 2 fully saturated rings. The Morgan fingerprint density at radius 3 is 2.83 bits per heavy atom. The summed E-state index contributed by atoms with van der Waals surface area (Å²) >= 11 is 0. The predicted molar refractivity (Wildman–Crippen MR) is 90.8 cm³/mol. The van der Waals surface area contributed by atoms with Crippen LogP contribution in [-0.4, -0.2) is 43.7 Å². The van der Waals surface area contributed by atoms with Crippen LogP contribution in [0.1, 0.15) is 49.4 Å². The first kappa shape index (κ1) is 16.2. The van der Waals surface area contributed by atoms with Crippen molar-refractivity contribution in [2.75, 3.05) is 25.6 Å². The van der Waals surface area contributed by atoms with Crippen molar-refractivity contribution in [1.29, 1.82) is 0 Å². The second-order valence-corrected chi connectivity index (χ2v) is 6.94. The molecule has 2 aliphatic rings. The van der Waals surface area contributed by atoms with Crippen LogP contribution in [-0.2, 0) is 4.74 Å². The summed E-state index contributed by atoms with van der Waals surface area (Å²) in [6.07, 6.45) is 7.77. The third kappa shape index (κ3) is 2.94. The van der Waals surface area contributed by atoms with E-state index < -0.39 is 0 Å². The Labute approximate surface area is 138 Å². The van der Waals surface area contributed by atoms with Gasteiger partial charge in [0.2, 0.25) is 0 Å². The van der Waals surface area contributed by atoms with Crippen molar-refractivity contribution in [2.24, 2.45) is 5.41 Å². The van der Waals surface area contributed by atoms with E-state index in [2.05, 4.69) is 10.3 Å². The lowest BCUT2D eigenvalue weighted by Crippen LogP contribution is -2.63. The normalized spacial score (nSPS) is 25.2. The van der Waals surface area contributed by atoms with Gasteiger partial charge in [0, 0.05) is 43.9 Å². The molecule has 0 bridgehead atoms. The van der Waals surface area contributed by atoms with E-state index in [9.17, 15) is 4.79 Å². The highest BCUT2D eigenvalue weighted by molar-refractivity contribution is 5.95. The van der Waals surface area contributed by atoms with E-state index in [1.54, 1.807) is 12.3 Å². The van der Waals surface area contributed by atoms with Crippen molar-refractivity contribution in [1.82, 2.24) is 10.3 Å². The van der Waals surface area contributed by atoms with E-state index in [0.717, 1.165) is 18.8 Å². The number of nitrogens with zero attached hydrogens (tertiary/aromatic N) is 2. The van der Waals surface area contributed by atoms with E-state index in [1.165, 1.54) is 25.7 Å². The molecule has 1 aromatic heterocycles. The SMILES string of the molecule is CCOC1CC(NC(=O)c2ccnc(N(C)C)c2)C12CCCC2. The molecule has 126 valence electrons. The van der Waals surface area contributed by atoms with Crippen LogP contribution in [0.2, 0.25) is 0 Å². The third-order valence-electron chi connectivity index (χ3n) is 5.46. The molecule has 1 aromatic rings. The van der Waals surface area contributed by atoms with Crippen LogP contribution >= 0.6 is 0 Å². The Morgan fingerprint density at radius 2 is 2.17 bits per heavy atom. The maximum atomic E-state index is 12.6. The van der Waals surface area contributed by atoms with Gasteiger partial charge in [-0.2, -0.15) is 0 Å². The molecule has 2 atom stereocenters. The van der Waals surface area contributed by atoms with Crippen LogP contribution in [0.25, 0.3) is 0 Å². The summed E-state index contributed by atoms with van der Waals surface area (Å²) in [5.41, 5.74) is 0.847. The molecule has 23 heavy (non-hydrogen) atoms. The zero-order valence-electron chi connectivity index (χ0n) is 14.3. The smallest absolute Gasteiger partial charge is 0.251 e. The largest absolute Gasteiger partial charge is 0.378 e. The van der Waals surface area contributed by atoms with Crippen LogP contribution < -0.4 is 10.2 Å². The molecule has 0 aliphatic heterocycles. The average molecular weight is 317 g/mol. The molecule has 0 radical (unpaired) electrons. The number of anilines is 1. The Hall–Kier alpha value is -1.62. The van der Waals surface area contributed by atoms with Crippen LogP contribution in [0, 0.1) is 5.41 Å². The van der Waals surface area contributed by atoms with Gasteiger partial charge < -0.3 is 15.0 Å². The lowest BCUT2D eigenvalue weighted by atomic mass is 9.60. The number of amides is 1. The molecule has 0 saturated heterocycles. The van der Waals surface area contributed by atoms with Crippen molar-refractivity contribution in [3.63, 3.8) is 0 Å². The predicted octanol–water partition coefficient (Wildman–Crippen LogP) is 2.62. The number of carbonyl (C=O) groups excluding carboxylic acids is 1. The summed E-state index contributed by atoms with van der Waals surface area (Å²) in [5, 5.41) is 3.25. The molecular weight excluding hydrogens is 290 g/mol. The van der Waals surface area contributed by atoms with Crippen LogP contribution in [0.4, 0.5) is 5.82 Å². The number of carbonyl (C=O) groups is 1. The number of aromatic nitrogens is 1. The summed E-state index contributed by atoms with van der Waals surface area (Å²) in [6.45, 7) is 2.80. The minimum atomic E-state index is 0.00160. The molecule has 1 spiro atoms. The molecule has 5 nitrogen and oxygen atoms in total. The fourth-order valence-electron chi connectivity index (χ4n) is 4.13. The lowest BCUT2D eigenvalue weighted by Gasteiger charge is -2.54. The highest BCUT2D eigenvalue weighted by Crippen LogP contribution is 2.54. The van der Waals surface area contributed by atoms with Crippen molar-refractivity contribution < 1.29 is 9.53 Å². The van der Waals surface area contributed by atoms with Gasteiger partial charge in [0.1, 0.15) is 5.82 Å². The number of rotatable bonds is 5. The van der Waals surface area contributed by atoms with Crippen molar-refractivity contribution in [3.8, 4) is 0 Å².